The smallest absolute Gasteiger partial charge is 0.475 e. The van der Waals surface area contributed by atoms with Gasteiger partial charge in [0.2, 0.25) is 0 Å². The van der Waals surface area contributed by atoms with Gasteiger partial charge >= 0.3 is 13.9 Å². The molecule has 0 aliphatic heterocycles. The first-order chi connectivity index (χ1) is 24.0. The van der Waals surface area contributed by atoms with E-state index in [0.717, 1.165) is 26.7 Å². The second-order valence-electron chi connectivity index (χ2n) is 16.1. The summed E-state index contributed by atoms with van der Waals surface area (Å²) in [6.07, 6.45) is 0.567. The first-order valence-electron chi connectivity index (χ1n) is 17.5. The number of halogens is 1. The van der Waals surface area contributed by atoms with Crippen LogP contribution >= 0.6 is 31.2 Å². The Morgan fingerprint density at radius 3 is 2.02 bits per heavy atom. The van der Waals surface area contributed by atoms with Crippen LogP contribution in [0.25, 0.3) is 0 Å². The average Bonchev–Trinajstić information content (AvgIpc) is 2.98. The number of hydrogen-bond donors (Lipinski definition) is 1. The number of phosphoric acid groups is 1. The van der Waals surface area contributed by atoms with Gasteiger partial charge in [-0.1, -0.05) is 65.8 Å². The van der Waals surface area contributed by atoms with Crippen LogP contribution < -0.4 is 10.1 Å². The van der Waals surface area contributed by atoms with Crippen LogP contribution in [0, 0.1) is 5.92 Å². The van der Waals surface area contributed by atoms with E-state index in [1.807, 2.05) is 72.8 Å². The molecule has 3 aromatic carbocycles. The van der Waals surface area contributed by atoms with Gasteiger partial charge < -0.3 is 14.2 Å². The van der Waals surface area contributed by atoms with Crippen molar-refractivity contribution in [2.45, 2.75) is 128 Å². The molecule has 0 bridgehead atoms. The molecule has 0 aromatic heterocycles. The molecule has 0 spiro atoms. The van der Waals surface area contributed by atoms with E-state index in [1.165, 1.54) is 0 Å². The average molecular weight is 778 g/mol. The fourth-order valence-corrected chi connectivity index (χ4v) is 7.85. The summed E-state index contributed by atoms with van der Waals surface area (Å²) in [5.41, 5.74) is -1.23. The van der Waals surface area contributed by atoms with Crippen molar-refractivity contribution in [1.82, 2.24) is 5.32 Å². The molecular weight excluding hydrogens is 721 g/mol. The van der Waals surface area contributed by atoms with E-state index >= 15 is 0 Å². The van der Waals surface area contributed by atoms with E-state index in [-0.39, 0.29) is 19.1 Å². The van der Waals surface area contributed by atoms with Crippen LogP contribution in [0.2, 0.25) is 5.02 Å². The Balaban J connectivity index is 1.71. The van der Waals surface area contributed by atoms with Crippen LogP contribution in [0.15, 0.2) is 82.6 Å². The first-order valence-corrected chi connectivity index (χ1v) is 20.2. The summed E-state index contributed by atoms with van der Waals surface area (Å²) in [5.74, 6) is 0.519. The molecule has 9 nitrogen and oxygen atoms in total. The lowest BCUT2D eigenvalue weighted by Gasteiger charge is -2.33. The molecule has 288 valence electrons. The molecule has 0 fully saturated rings. The zero-order valence-electron chi connectivity index (χ0n) is 32.5. The Morgan fingerprint density at radius 1 is 0.788 bits per heavy atom. The second-order valence-corrected chi connectivity index (χ2v) is 19.2. The van der Waals surface area contributed by atoms with Gasteiger partial charge in [0.05, 0.1) is 24.4 Å². The van der Waals surface area contributed by atoms with Gasteiger partial charge in [-0.25, -0.2) is 9.36 Å². The zero-order valence-corrected chi connectivity index (χ0v) is 35.0. The van der Waals surface area contributed by atoms with Gasteiger partial charge in [-0.15, -0.1) is 0 Å². The summed E-state index contributed by atoms with van der Waals surface area (Å²) < 4.78 is 49.2. The number of alkyl carbamates (subject to hydrolysis) is 1. The molecule has 0 aliphatic carbocycles. The van der Waals surface area contributed by atoms with Crippen molar-refractivity contribution in [2.24, 2.45) is 5.92 Å². The molecule has 1 atom stereocenters. The molecule has 3 aromatic rings. The van der Waals surface area contributed by atoms with E-state index < -0.39 is 36.4 Å². The predicted molar refractivity (Wildman–Crippen MR) is 209 cm³/mol. The molecule has 1 N–H and O–H groups in total. The summed E-state index contributed by atoms with van der Waals surface area (Å²) in [4.78, 5) is 14.5. The van der Waals surface area contributed by atoms with Crippen LogP contribution in [0.4, 0.5) is 4.79 Å². The lowest BCUT2D eigenvalue weighted by Crippen LogP contribution is -2.48. The topological polar surface area (TPSA) is 102 Å². The Labute approximate surface area is 320 Å². The fraction of sp³-hybridized carbons (Fsp3) is 0.525. The molecule has 12 heteroatoms. The third-order valence-electron chi connectivity index (χ3n) is 6.86. The number of phosphoric ester groups is 1. The van der Waals surface area contributed by atoms with Crippen molar-refractivity contribution < 1.29 is 37.1 Å². The predicted octanol–water partition coefficient (Wildman–Crippen LogP) is 11.7. The van der Waals surface area contributed by atoms with Crippen molar-refractivity contribution in [3.63, 3.8) is 0 Å². The van der Waals surface area contributed by atoms with Gasteiger partial charge in [0.15, 0.2) is 0 Å². The van der Waals surface area contributed by atoms with Crippen molar-refractivity contribution in [1.29, 1.82) is 0 Å². The number of ether oxygens (including phenoxy) is 3. The minimum Gasteiger partial charge on any atom is -0.489 e. The molecule has 0 aliphatic rings. The summed E-state index contributed by atoms with van der Waals surface area (Å²) >= 11 is 8.44. The van der Waals surface area contributed by atoms with E-state index in [0.29, 0.717) is 24.5 Å². The molecular formula is C40H57ClNO8PS. The molecule has 1 amide bonds. The fourth-order valence-electron chi connectivity index (χ4n) is 4.72. The summed E-state index contributed by atoms with van der Waals surface area (Å²) in [6.45, 7) is 20.3. The third-order valence-corrected chi connectivity index (χ3v) is 10.2. The highest BCUT2D eigenvalue weighted by atomic mass is 35.5. The second kappa shape index (κ2) is 18.7. The van der Waals surface area contributed by atoms with E-state index in [1.54, 1.807) is 87.9 Å². The SMILES string of the molecule is CC(C)(C)OC(=O)NC(C)(C)OC[C@H](CCc1ccc(Sc2cccc(OCc3ccccc3)c2)cc1Cl)COP(=O)(OC(C)(C)C)OC(C)(C)C. The lowest BCUT2D eigenvalue weighted by molar-refractivity contribution is -0.0698. The van der Waals surface area contributed by atoms with Gasteiger partial charge in [0, 0.05) is 20.7 Å². The number of amides is 1. The number of rotatable bonds is 17. The third kappa shape index (κ3) is 17.5. The number of benzene rings is 3. The Hall–Kier alpha value is -2.56. The van der Waals surface area contributed by atoms with Crippen LogP contribution in [-0.4, -0.2) is 41.8 Å². The molecule has 0 heterocycles. The van der Waals surface area contributed by atoms with Crippen molar-refractivity contribution in [2.75, 3.05) is 13.2 Å². The van der Waals surface area contributed by atoms with Crippen molar-refractivity contribution in [3.8, 4) is 5.75 Å². The normalized spacial score (nSPS) is 13.5. The van der Waals surface area contributed by atoms with Crippen LogP contribution in [0.3, 0.4) is 0 Å². The molecule has 3 rings (SSSR count). The summed E-state index contributed by atoms with van der Waals surface area (Å²) in [5, 5.41) is 3.40. The zero-order chi connectivity index (χ0) is 38.8. The first kappa shape index (κ1) is 43.8. The maximum absolute atomic E-state index is 13.9. The van der Waals surface area contributed by atoms with Crippen molar-refractivity contribution in [3.05, 3.63) is 88.9 Å². The molecule has 0 saturated carbocycles. The molecule has 0 saturated heterocycles. The van der Waals surface area contributed by atoms with Gasteiger partial charge in [0.1, 0.15) is 23.7 Å². The standard InChI is InChI=1S/C40H57ClNO8PS/c1-37(2,3)48-36(43)42-40(10,11)46-27-30(28-47-51(44,49-38(4,5)6)50-39(7,8)9)20-21-31-22-23-34(25-35(31)41)52-33-19-15-18-32(24-33)45-26-29-16-13-12-14-17-29/h12-19,22-25,30H,20-21,26-28H2,1-11H3,(H,42,43)/t30-/m0/s1. The highest BCUT2D eigenvalue weighted by Crippen LogP contribution is 2.55. The summed E-state index contributed by atoms with van der Waals surface area (Å²) in [7, 11) is -3.98. The highest BCUT2D eigenvalue weighted by Gasteiger charge is 2.38. The Kier molecular flexibility index (Phi) is 15.7. The number of carbonyl (C=O) groups excluding carboxylic acids is 1. The maximum atomic E-state index is 13.9. The Morgan fingerprint density at radius 2 is 1.42 bits per heavy atom. The molecule has 0 unspecified atom stereocenters. The summed E-state index contributed by atoms with van der Waals surface area (Å²) in [6, 6.07) is 24.1. The van der Waals surface area contributed by atoms with Crippen LogP contribution in [0.1, 0.15) is 93.7 Å². The van der Waals surface area contributed by atoms with Crippen molar-refractivity contribution >= 4 is 37.3 Å². The van der Waals surface area contributed by atoms with Gasteiger partial charge in [0.25, 0.3) is 0 Å². The monoisotopic (exact) mass is 777 g/mol. The van der Waals surface area contributed by atoms with E-state index in [4.69, 9.17) is 39.4 Å². The van der Waals surface area contributed by atoms with Gasteiger partial charge in [-0.05, 0) is 130 Å². The van der Waals surface area contributed by atoms with Gasteiger partial charge in [-0.3, -0.25) is 18.9 Å². The number of nitrogens with one attached hydrogen (secondary N) is 1. The minimum atomic E-state index is -3.98. The quantitative estimate of drug-likeness (QED) is 0.106. The lowest BCUT2D eigenvalue weighted by atomic mass is 10.0. The molecule has 52 heavy (non-hydrogen) atoms. The van der Waals surface area contributed by atoms with E-state index in [9.17, 15) is 9.36 Å². The van der Waals surface area contributed by atoms with Gasteiger partial charge in [-0.2, -0.15) is 0 Å². The van der Waals surface area contributed by atoms with Crippen LogP contribution in [-0.2, 0) is 40.6 Å². The number of hydrogen-bond acceptors (Lipinski definition) is 9. The number of aryl methyl sites for hydroxylation is 1. The Bertz CT molecular complexity index is 1610. The largest absolute Gasteiger partial charge is 0.489 e. The number of carbonyl (C=O) groups is 1. The minimum absolute atomic E-state index is 0.0141. The molecule has 0 radical (unpaired) electrons. The highest BCUT2D eigenvalue weighted by molar-refractivity contribution is 7.99. The maximum Gasteiger partial charge on any atom is 0.475 e. The van der Waals surface area contributed by atoms with E-state index in [2.05, 4.69) is 5.32 Å². The van der Waals surface area contributed by atoms with Crippen LogP contribution in [0.5, 0.6) is 5.75 Å².